The van der Waals surface area contributed by atoms with Gasteiger partial charge in [0.1, 0.15) is 11.6 Å². The monoisotopic (exact) mass is 228 g/mol. The van der Waals surface area contributed by atoms with E-state index in [4.69, 9.17) is 0 Å². The number of rotatable bonds is 5. The fraction of sp³-hybridized carbons (Fsp3) is 0.538. The third kappa shape index (κ3) is 3.89. The first-order valence-electron chi connectivity index (χ1n) is 5.61. The van der Waals surface area contributed by atoms with Crippen molar-refractivity contribution in [3.63, 3.8) is 0 Å². The molecular formula is C13H18F2O. The third-order valence-electron chi connectivity index (χ3n) is 2.53. The second kappa shape index (κ2) is 5.94. The summed E-state index contributed by atoms with van der Waals surface area (Å²) in [5.41, 5.74) is 0.0744. The second-order valence-corrected chi connectivity index (χ2v) is 4.52. The molecule has 0 radical (unpaired) electrons. The van der Waals surface area contributed by atoms with Gasteiger partial charge >= 0.3 is 0 Å². The van der Waals surface area contributed by atoms with E-state index >= 15 is 0 Å². The Morgan fingerprint density at radius 1 is 1.19 bits per heavy atom. The molecule has 0 fully saturated rings. The van der Waals surface area contributed by atoms with E-state index in [0.717, 1.165) is 0 Å². The largest absolute Gasteiger partial charge is 0.393 e. The van der Waals surface area contributed by atoms with E-state index in [2.05, 4.69) is 0 Å². The van der Waals surface area contributed by atoms with Gasteiger partial charge in [-0.25, -0.2) is 8.78 Å². The van der Waals surface area contributed by atoms with Crippen LogP contribution in [0.3, 0.4) is 0 Å². The molecule has 1 N–H and O–H groups in total. The molecule has 0 aliphatic heterocycles. The van der Waals surface area contributed by atoms with Crippen molar-refractivity contribution in [1.29, 1.82) is 0 Å². The lowest BCUT2D eigenvalue weighted by molar-refractivity contribution is 0.139. The predicted molar refractivity (Wildman–Crippen MR) is 60.1 cm³/mol. The number of halogens is 2. The Kier molecular flexibility index (Phi) is 4.87. The van der Waals surface area contributed by atoms with Crippen molar-refractivity contribution < 1.29 is 13.9 Å². The van der Waals surface area contributed by atoms with Crippen LogP contribution in [0, 0.1) is 17.6 Å². The summed E-state index contributed by atoms with van der Waals surface area (Å²) in [5, 5.41) is 9.62. The zero-order chi connectivity index (χ0) is 12.1. The van der Waals surface area contributed by atoms with Gasteiger partial charge in [0.25, 0.3) is 0 Å². The highest BCUT2D eigenvalue weighted by molar-refractivity contribution is 5.19. The second-order valence-electron chi connectivity index (χ2n) is 4.52. The minimum Gasteiger partial charge on any atom is -0.393 e. The molecule has 3 heteroatoms. The first-order chi connectivity index (χ1) is 7.50. The molecule has 1 atom stereocenters. The zero-order valence-corrected chi connectivity index (χ0v) is 9.71. The molecule has 0 amide bonds. The fourth-order valence-electron chi connectivity index (χ4n) is 1.74. The minimum atomic E-state index is -0.531. The maximum absolute atomic E-state index is 13.2. The highest BCUT2D eigenvalue weighted by Gasteiger charge is 2.12. The van der Waals surface area contributed by atoms with Crippen molar-refractivity contribution in [1.82, 2.24) is 0 Å². The average Bonchev–Trinajstić information content (AvgIpc) is 2.15. The van der Waals surface area contributed by atoms with Crippen LogP contribution in [-0.2, 0) is 6.42 Å². The fourth-order valence-corrected chi connectivity index (χ4v) is 1.74. The smallest absolute Gasteiger partial charge is 0.129 e. The summed E-state index contributed by atoms with van der Waals surface area (Å²) in [5.74, 6) is -0.672. The third-order valence-corrected chi connectivity index (χ3v) is 2.53. The van der Waals surface area contributed by atoms with E-state index in [-0.39, 0.29) is 12.0 Å². The van der Waals surface area contributed by atoms with Gasteiger partial charge in [-0.3, -0.25) is 0 Å². The standard InChI is InChI=1S/C13H18F2O/c1-9(2)8-10(16)6-7-11-12(14)4-3-5-13(11)15/h3-5,9-10,16H,6-8H2,1-2H3. The summed E-state index contributed by atoms with van der Waals surface area (Å²) in [4.78, 5) is 0. The van der Waals surface area contributed by atoms with Crippen molar-refractivity contribution in [2.75, 3.05) is 0 Å². The molecule has 0 aromatic heterocycles. The Hall–Kier alpha value is -0.960. The molecular weight excluding hydrogens is 210 g/mol. The predicted octanol–water partition coefficient (Wildman–Crippen LogP) is 3.30. The lowest BCUT2D eigenvalue weighted by Crippen LogP contribution is -2.12. The maximum atomic E-state index is 13.2. The Balaban J connectivity index is 2.54. The zero-order valence-electron chi connectivity index (χ0n) is 9.71. The number of hydrogen-bond donors (Lipinski definition) is 1. The van der Waals surface area contributed by atoms with Crippen molar-refractivity contribution in [2.45, 2.75) is 39.2 Å². The normalized spacial score (nSPS) is 13.1. The summed E-state index contributed by atoms with van der Waals surface area (Å²) < 4.78 is 26.5. The van der Waals surface area contributed by atoms with E-state index < -0.39 is 17.7 Å². The summed E-state index contributed by atoms with van der Waals surface area (Å²) in [6.07, 6.45) is 0.817. The van der Waals surface area contributed by atoms with Crippen LogP contribution in [0.15, 0.2) is 18.2 Å². The van der Waals surface area contributed by atoms with Crippen molar-refractivity contribution in [3.05, 3.63) is 35.4 Å². The lowest BCUT2D eigenvalue weighted by Gasteiger charge is -2.13. The van der Waals surface area contributed by atoms with E-state index in [0.29, 0.717) is 18.8 Å². The molecule has 0 bridgehead atoms. The molecule has 0 spiro atoms. The molecule has 0 aliphatic rings. The number of hydrogen-bond acceptors (Lipinski definition) is 1. The van der Waals surface area contributed by atoms with Crippen molar-refractivity contribution in [2.24, 2.45) is 5.92 Å². The Morgan fingerprint density at radius 2 is 1.75 bits per heavy atom. The van der Waals surface area contributed by atoms with Gasteiger partial charge in [0.15, 0.2) is 0 Å². The molecule has 90 valence electrons. The molecule has 0 saturated heterocycles. The van der Waals surface area contributed by atoms with E-state index in [1.807, 2.05) is 13.8 Å². The molecule has 1 rings (SSSR count). The van der Waals surface area contributed by atoms with Crippen LogP contribution < -0.4 is 0 Å². The molecule has 1 nitrogen and oxygen atoms in total. The molecule has 0 aliphatic carbocycles. The maximum Gasteiger partial charge on any atom is 0.129 e. The van der Waals surface area contributed by atoms with Crippen molar-refractivity contribution in [3.8, 4) is 0 Å². The van der Waals surface area contributed by atoms with Crippen LogP contribution in [0.5, 0.6) is 0 Å². The minimum absolute atomic E-state index is 0.0744. The van der Waals surface area contributed by atoms with Crippen LogP contribution in [0.25, 0.3) is 0 Å². The first-order valence-corrected chi connectivity index (χ1v) is 5.61. The average molecular weight is 228 g/mol. The van der Waals surface area contributed by atoms with Crippen LogP contribution in [0.1, 0.15) is 32.3 Å². The van der Waals surface area contributed by atoms with Crippen LogP contribution in [0.4, 0.5) is 8.78 Å². The van der Waals surface area contributed by atoms with E-state index in [9.17, 15) is 13.9 Å². The lowest BCUT2D eigenvalue weighted by atomic mass is 9.99. The SMILES string of the molecule is CC(C)CC(O)CCc1c(F)cccc1F. The van der Waals surface area contributed by atoms with Gasteiger partial charge in [0.2, 0.25) is 0 Å². The summed E-state index contributed by atoms with van der Waals surface area (Å²) in [7, 11) is 0. The van der Waals surface area contributed by atoms with Crippen LogP contribution in [-0.4, -0.2) is 11.2 Å². The van der Waals surface area contributed by atoms with E-state index in [1.54, 1.807) is 0 Å². The van der Waals surface area contributed by atoms with Gasteiger partial charge in [-0.15, -0.1) is 0 Å². The van der Waals surface area contributed by atoms with Crippen molar-refractivity contribution >= 4 is 0 Å². The number of aliphatic hydroxyl groups is 1. The van der Waals surface area contributed by atoms with Crippen LogP contribution >= 0.6 is 0 Å². The Bertz CT molecular complexity index is 316. The molecule has 16 heavy (non-hydrogen) atoms. The molecule has 0 saturated carbocycles. The highest BCUT2D eigenvalue weighted by Crippen LogP contribution is 2.17. The van der Waals surface area contributed by atoms with Crippen LogP contribution in [0.2, 0.25) is 0 Å². The van der Waals surface area contributed by atoms with E-state index in [1.165, 1.54) is 18.2 Å². The Labute approximate surface area is 95.1 Å². The van der Waals surface area contributed by atoms with Gasteiger partial charge in [-0.1, -0.05) is 19.9 Å². The highest BCUT2D eigenvalue weighted by atomic mass is 19.1. The van der Waals surface area contributed by atoms with Gasteiger partial charge in [0.05, 0.1) is 6.10 Å². The number of aliphatic hydroxyl groups excluding tert-OH is 1. The van der Waals surface area contributed by atoms with Gasteiger partial charge < -0.3 is 5.11 Å². The van der Waals surface area contributed by atoms with Gasteiger partial charge in [0, 0.05) is 5.56 Å². The molecule has 1 unspecified atom stereocenters. The molecule has 1 aromatic carbocycles. The van der Waals surface area contributed by atoms with Gasteiger partial charge in [-0.2, -0.15) is 0 Å². The summed E-state index contributed by atoms with van der Waals surface area (Å²) >= 11 is 0. The summed E-state index contributed by atoms with van der Waals surface area (Å²) in [6, 6.07) is 3.83. The topological polar surface area (TPSA) is 20.2 Å². The molecule has 0 heterocycles. The molecule has 1 aromatic rings. The number of benzene rings is 1. The Morgan fingerprint density at radius 3 is 2.25 bits per heavy atom. The van der Waals surface area contributed by atoms with Gasteiger partial charge in [-0.05, 0) is 37.3 Å². The summed E-state index contributed by atoms with van der Waals surface area (Å²) in [6.45, 7) is 4.01. The first kappa shape index (κ1) is 13.1. The quantitative estimate of drug-likeness (QED) is 0.819.